The van der Waals surface area contributed by atoms with Gasteiger partial charge in [0.2, 0.25) is 0 Å². The smallest absolute Gasteiger partial charge is 0.329 e. The van der Waals surface area contributed by atoms with Gasteiger partial charge in [0.25, 0.3) is 5.91 Å². The van der Waals surface area contributed by atoms with Gasteiger partial charge in [-0.2, -0.15) is 0 Å². The fraction of sp³-hybridized carbons (Fsp3) is 0.625. The van der Waals surface area contributed by atoms with Crippen LogP contribution in [0.25, 0.3) is 0 Å². The molecule has 5 nitrogen and oxygen atoms in total. The zero-order valence-electron chi connectivity index (χ0n) is 24.6. The van der Waals surface area contributed by atoms with Gasteiger partial charge in [-0.25, -0.2) is 4.79 Å². The number of aryl methyl sites for hydroxylation is 1. The van der Waals surface area contributed by atoms with Crippen molar-refractivity contribution in [1.82, 2.24) is 4.90 Å². The number of allylic oxidation sites excluding steroid dienone is 4. The lowest BCUT2D eigenvalue weighted by Gasteiger charge is -2.41. The van der Waals surface area contributed by atoms with Crippen LogP contribution in [0.3, 0.4) is 0 Å². The van der Waals surface area contributed by atoms with Crippen LogP contribution >= 0.6 is 0 Å². The first-order valence-corrected chi connectivity index (χ1v) is 13.9. The monoisotopic (exact) mass is 511 g/mol. The molecule has 1 atom stereocenters. The lowest BCUT2D eigenvalue weighted by molar-refractivity contribution is -0.147. The van der Waals surface area contributed by atoms with Crippen LogP contribution in [-0.2, 0) is 10.2 Å². The zero-order chi connectivity index (χ0) is 28.2. The molecule has 0 aromatic heterocycles. The van der Waals surface area contributed by atoms with E-state index in [0.717, 1.165) is 50.5 Å². The molecule has 0 heterocycles. The van der Waals surface area contributed by atoms with Gasteiger partial charge in [-0.05, 0) is 101 Å². The van der Waals surface area contributed by atoms with Crippen LogP contribution in [0.4, 0.5) is 0 Å². The molecule has 0 bridgehead atoms. The number of nitrogens with zero attached hydrogens (tertiary/aromatic N) is 1. The summed E-state index contributed by atoms with van der Waals surface area (Å²) in [6.07, 6.45) is 10.8. The fourth-order valence-electron chi connectivity index (χ4n) is 5.74. The second-order valence-electron chi connectivity index (χ2n) is 11.5. The van der Waals surface area contributed by atoms with Gasteiger partial charge in [0, 0.05) is 18.0 Å². The number of amides is 1. The molecule has 37 heavy (non-hydrogen) atoms. The molecule has 2 rings (SSSR count). The third-order valence-electron chi connectivity index (χ3n) is 9.45. The van der Waals surface area contributed by atoms with Gasteiger partial charge in [-0.3, -0.25) is 4.79 Å². The van der Waals surface area contributed by atoms with Crippen molar-refractivity contribution < 1.29 is 19.8 Å². The van der Waals surface area contributed by atoms with Gasteiger partial charge >= 0.3 is 5.97 Å². The number of carboxylic acids is 1. The van der Waals surface area contributed by atoms with Gasteiger partial charge in [0.05, 0.1) is 5.60 Å². The predicted molar refractivity (Wildman–Crippen MR) is 152 cm³/mol. The maximum absolute atomic E-state index is 13.2. The Bertz CT molecular complexity index is 1040. The average Bonchev–Trinajstić information content (AvgIpc) is 2.88. The van der Waals surface area contributed by atoms with E-state index in [1.54, 1.807) is 20.9 Å². The Kier molecular flexibility index (Phi) is 9.98. The topological polar surface area (TPSA) is 77.8 Å². The van der Waals surface area contributed by atoms with E-state index < -0.39 is 17.1 Å². The Hall–Kier alpha value is -2.40. The summed E-state index contributed by atoms with van der Waals surface area (Å²) in [6, 6.07) is 6.07. The minimum Gasteiger partial charge on any atom is -0.480 e. The van der Waals surface area contributed by atoms with E-state index in [1.165, 1.54) is 21.6 Å². The minimum absolute atomic E-state index is 0.0601. The van der Waals surface area contributed by atoms with E-state index in [-0.39, 0.29) is 11.3 Å². The van der Waals surface area contributed by atoms with Crippen molar-refractivity contribution >= 4 is 11.9 Å². The Morgan fingerprint density at radius 1 is 1.03 bits per heavy atom. The number of hydrogen-bond donors (Lipinski definition) is 2. The van der Waals surface area contributed by atoms with E-state index in [1.807, 2.05) is 13.0 Å². The van der Waals surface area contributed by atoms with E-state index in [9.17, 15) is 19.8 Å². The van der Waals surface area contributed by atoms with Crippen molar-refractivity contribution in [2.24, 2.45) is 5.92 Å². The standard InChI is InChI=1S/C32H49NO4/c1-10-31(37,11-2)19-18-24-14-15-25(20-22(24)5)32(12-3,13-4)26-16-17-27(23(6)21-26)28(34)33(9)30(7,8)29(35)36/h14-17,21,25,37H,10-13,18-20H2,1-9H3,(H,35,36). The summed E-state index contributed by atoms with van der Waals surface area (Å²) in [6.45, 7) is 15.9. The molecule has 1 aromatic rings. The molecule has 0 saturated heterocycles. The van der Waals surface area contributed by atoms with Crippen molar-refractivity contribution in [3.05, 3.63) is 58.2 Å². The van der Waals surface area contributed by atoms with Crippen molar-refractivity contribution in [3.8, 4) is 0 Å². The molecule has 1 aliphatic rings. The largest absolute Gasteiger partial charge is 0.480 e. The third kappa shape index (κ3) is 6.19. The molecule has 206 valence electrons. The van der Waals surface area contributed by atoms with Crippen molar-refractivity contribution in [2.45, 2.75) is 117 Å². The Labute approximate surface area is 224 Å². The van der Waals surface area contributed by atoms with E-state index in [0.29, 0.717) is 11.5 Å². The maximum Gasteiger partial charge on any atom is 0.329 e. The fourth-order valence-corrected chi connectivity index (χ4v) is 5.74. The summed E-state index contributed by atoms with van der Waals surface area (Å²) in [5, 5.41) is 20.3. The highest BCUT2D eigenvalue weighted by Crippen LogP contribution is 2.46. The number of carbonyl (C=O) groups is 2. The number of carboxylic acid groups (broad SMARTS) is 1. The summed E-state index contributed by atoms with van der Waals surface area (Å²) in [7, 11) is 1.55. The van der Waals surface area contributed by atoms with Gasteiger partial charge in [0.1, 0.15) is 5.54 Å². The summed E-state index contributed by atoms with van der Waals surface area (Å²) in [5.41, 5.74) is 3.44. The van der Waals surface area contributed by atoms with E-state index in [2.05, 4.69) is 58.9 Å². The van der Waals surface area contributed by atoms with Gasteiger partial charge in [0.15, 0.2) is 0 Å². The highest BCUT2D eigenvalue weighted by molar-refractivity contribution is 5.98. The van der Waals surface area contributed by atoms with Crippen molar-refractivity contribution in [3.63, 3.8) is 0 Å². The Morgan fingerprint density at radius 3 is 2.08 bits per heavy atom. The highest BCUT2D eigenvalue weighted by Gasteiger charge is 2.39. The number of likely N-dealkylation sites (N-methyl/N-ethyl adjacent to an activating group) is 1. The van der Waals surface area contributed by atoms with Crippen LogP contribution in [-0.4, -0.2) is 45.2 Å². The van der Waals surface area contributed by atoms with Crippen LogP contribution < -0.4 is 0 Å². The number of hydrogen-bond acceptors (Lipinski definition) is 3. The summed E-state index contributed by atoms with van der Waals surface area (Å²) in [5.74, 6) is -0.971. The maximum atomic E-state index is 13.2. The molecule has 0 fully saturated rings. The molecule has 1 aliphatic carbocycles. The van der Waals surface area contributed by atoms with Crippen LogP contribution in [0.2, 0.25) is 0 Å². The number of rotatable bonds is 12. The molecule has 0 radical (unpaired) electrons. The van der Waals surface area contributed by atoms with Crippen molar-refractivity contribution in [1.29, 1.82) is 0 Å². The lowest BCUT2D eigenvalue weighted by atomic mass is 9.63. The SMILES string of the molecule is CCC(O)(CC)CCC1=C(C)CC(C(CC)(CC)c2ccc(C(=O)N(C)C(C)(C)C(=O)O)c(C)c2)C=C1. The first kappa shape index (κ1) is 30.8. The zero-order valence-corrected chi connectivity index (χ0v) is 24.6. The van der Waals surface area contributed by atoms with Crippen LogP contribution in [0.5, 0.6) is 0 Å². The molecular weight excluding hydrogens is 462 g/mol. The number of aliphatic carboxylic acids is 1. The summed E-state index contributed by atoms with van der Waals surface area (Å²) < 4.78 is 0. The first-order chi connectivity index (χ1) is 17.2. The third-order valence-corrected chi connectivity index (χ3v) is 9.45. The number of carbonyl (C=O) groups excluding carboxylic acids is 1. The predicted octanol–water partition coefficient (Wildman–Crippen LogP) is 7.21. The van der Waals surface area contributed by atoms with E-state index >= 15 is 0 Å². The van der Waals surface area contributed by atoms with Gasteiger partial charge < -0.3 is 15.1 Å². The Morgan fingerprint density at radius 2 is 1.62 bits per heavy atom. The number of aliphatic hydroxyl groups is 1. The average molecular weight is 512 g/mol. The molecule has 2 N–H and O–H groups in total. The van der Waals surface area contributed by atoms with Crippen LogP contribution in [0, 0.1) is 12.8 Å². The van der Waals surface area contributed by atoms with Gasteiger partial charge in [-0.15, -0.1) is 0 Å². The van der Waals surface area contributed by atoms with Crippen LogP contribution in [0.15, 0.2) is 41.5 Å². The molecule has 0 saturated carbocycles. The lowest BCUT2D eigenvalue weighted by Crippen LogP contribution is -2.50. The Balaban J connectivity index is 2.34. The van der Waals surface area contributed by atoms with Crippen LogP contribution in [0.1, 0.15) is 115 Å². The normalized spacial score (nSPS) is 16.8. The van der Waals surface area contributed by atoms with Crippen molar-refractivity contribution in [2.75, 3.05) is 7.05 Å². The minimum atomic E-state index is -1.29. The molecule has 5 heteroatoms. The summed E-state index contributed by atoms with van der Waals surface area (Å²) >= 11 is 0. The second-order valence-corrected chi connectivity index (χ2v) is 11.5. The summed E-state index contributed by atoms with van der Waals surface area (Å²) in [4.78, 5) is 26.2. The second kappa shape index (κ2) is 12.0. The molecule has 0 spiro atoms. The van der Waals surface area contributed by atoms with E-state index in [4.69, 9.17) is 0 Å². The number of benzene rings is 1. The molecule has 0 aliphatic heterocycles. The molecule has 1 aromatic carbocycles. The molecule has 1 amide bonds. The highest BCUT2D eigenvalue weighted by atomic mass is 16.4. The molecule has 1 unspecified atom stereocenters. The molecular formula is C32H49NO4. The first-order valence-electron chi connectivity index (χ1n) is 13.9. The van der Waals surface area contributed by atoms with Gasteiger partial charge in [-0.1, -0.05) is 57.6 Å². The quantitative estimate of drug-likeness (QED) is 0.311.